The second-order valence-corrected chi connectivity index (χ2v) is 5.58. The van der Waals surface area contributed by atoms with Crippen LogP contribution in [0.2, 0.25) is 0 Å². The van der Waals surface area contributed by atoms with Crippen molar-refractivity contribution in [2.45, 2.75) is 45.3 Å². The fraction of sp³-hybridized carbons (Fsp3) is 0.769. The van der Waals surface area contributed by atoms with Gasteiger partial charge in [0, 0.05) is 26.2 Å². The minimum atomic E-state index is 0.165. The molecule has 0 unspecified atom stereocenters. The van der Waals surface area contributed by atoms with Crippen LogP contribution in [0.4, 0.5) is 0 Å². The van der Waals surface area contributed by atoms with E-state index in [0.717, 1.165) is 36.9 Å². The summed E-state index contributed by atoms with van der Waals surface area (Å²) in [7, 11) is 0. The normalized spacial score (nSPS) is 10.8. The highest BCUT2D eigenvalue weighted by Gasteiger charge is 2.15. The summed E-state index contributed by atoms with van der Waals surface area (Å²) < 4.78 is 1.96. The molecule has 0 aliphatic rings. The molecule has 0 aliphatic heterocycles. The first-order valence-corrected chi connectivity index (χ1v) is 8.13. The van der Waals surface area contributed by atoms with E-state index in [-0.39, 0.29) is 5.91 Å². The van der Waals surface area contributed by atoms with Gasteiger partial charge in [-0.05, 0) is 19.8 Å². The molecule has 0 atom stereocenters. The molecule has 1 amide bonds. The van der Waals surface area contributed by atoms with Crippen molar-refractivity contribution >= 4 is 17.7 Å². The third-order valence-corrected chi connectivity index (χ3v) is 3.87. The molecule has 0 spiro atoms. The van der Waals surface area contributed by atoms with Gasteiger partial charge in [0.1, 0.15) is 5.82 Å². The molecule has 1 rings (SSSR count). The van der Waals surface area contributed by atoms with Crippen molar-refractivity contribution < 1.29 is 4.79 Å². The fourth-order valence-electron chi connectivity index (χ4n) is 1.97. The van der Waals surface area contributed by atoms with Gasteiger partial charge < -0.3 is 15.2 Å². The van der Waals surface area contributed by atoms with Gasteiger partial charge >= 0.3 is 0 Å². The Labute approximate surface area is 125 Å². The van der Waals surface area contributed by atoms with E-state index in [1.54, 1.807) is 0 Å². The summed E-state index contributed by atoms with van der Waals surface area (Å²) in [5.74, 6) is 1.41. The number of hydrogen-bond acceptors (Lipinski definition) is 5. The third-order valence-electron chi connectivity index (χ3n) is 2.92. The molecule has 0 aromatic carbocycles. The van der Waals surface area contributed by atoms with Gasteiger partial charge in [-0.15, -0.1) is 10.2 Å². The van der Waals surface area contributed by atoms with Crippen molar-refractivity contribution in [2.24, 2.45) is 5.73 Å². The second kappa shape index (κ2) is 8.97. The molecule has 0 saturated heterocycles. The highest BCUT2D eigenvalue weighted by molar-refractivity contribution is 7.99. The largest absolute Gasteiger partial charge is 0.342 e. The van der Waals surface area contributed by atoms with E-state index in [2.05, 4.69) is 24.0 Å². The zero-order chi connectivity index (χ0) is 15.0. The molecule has 1 aromatic heterocycles. The molecule has 2 N–H and O–H groups in total. The van der Waals surface area contributed by atoms with Crippen molar-refractivity contribution in [1.29, 1.82) is 0 Å². The summed E-state index contributed by atoms with van der Waals surface area (Å²) in [5.41, 5.74) is 5.58. The van der Waals surface area contributed by atoms with E-state index in [0.29, 0.717) is 18.8 Å². The molecule has 7 heteroatoms. The molecule has 1 aromatic rings. The zero-order valence-corrected chi connectivity index (χ0v) is 13.4. The molecule has 0 fully saturated rings. The van der Waals surface area contributed by atoms with Gasteiger partial charge in [0.05, 0.1) is 5.75 Å². The molecular weight excluding hydrogens is 274 g/mol. The minimum absolute atomic E-state index is 0.165. The number of carbonyl (C=O) groups is 1. The van der Waals surface area contributed by atoms with E-state index >= 15 is 0 Å². The number of carbonyl (C=O) groups excluding carboxylic acids is 1. The predicted octanol–water partition coefficient (Wildman–Crippen LogP) is 1.29. The van der Waals surface area contributed by atoms with E-state index in [4.69, 9.17) is 5.73 Å². The van der Waals surface area contributed by atoms with Gasteiger partial charge in [0.25, 0.3) is 0 Å². The van der Waals surface area contributed by atoms with Crippen LogP contribution in [-0.2, 0) is 11.3 Å². The van der Waals surface area contributed by atoms with Gasteiger partial charge in [-0.1, -0.05) is 25.6 Å². The second-order valence-electron chi connectivity index (χ2n) is 4.64. The molecule has 6 nitrogen and oxygen atoms in total. The first-order valence-electron chi connectivity index (χ1n) is 7.14. The van der Waals surface area contributed by atoms with E-state index in [1.807, 2.05) is 16.4 Å². The highest BCUT2D eigenvalue weighted by atomic mass is 32.2. The van der Waals surface area contributed by atoms with Crippen LogP contribution in [-0.4, -0.2) is 51.0 Å². The Balaban J connectivity index is 2.59. The van der Waals surface area contributed by atoms with Crippen molar-refractivity contribution in [3.8, 4) is 0 Å². The number of thioether (sulfide) groups is 1. The lowest BCUT2D eigenvalue weighted by atomic mass is 10.3. The Bertz CT molecular complexity index is 415. The van der Waals surface area contributed by atoms with Crippen molar-refractivity contribution in [3.05, 3.63) is 5.82 Å². The van der Waals surface area contributed by atoms with Crippen molar-refractivity contribution in [2.75, 3.05) is 25.4 Å². The highest BCUT2D eigenvalue weighted by Crippen LogP contribution is 2.17. The molecule has 0 radical (unpaired) electrons. The summed E-state index contributed by atoms with van der Waals surface area (Å²) in [5, 5.41) is 8.92. The van der Waals surface area contributed by atoms with Gasteiger partial charge in [0.15, 0.2) is 5.16 Å². The van der Waals surface area contributed by atoms with Crippen LogP contribution < -0.4 is 5.73 Å². The lowest BCUT2D eigenvalue weighted by molar-refractivity contribution is -0.128. The minimum Gasteiger partial charge on any atom is -0.342 e. The Morgan fingerprint density at radius 1 is 1.30 bits per heavy atom. The number of hydrogen-bond donors (Lipinski definition) is 1. The lowest BCUT2D eigenvalue weighted by Gasteiger charge is -2.21. The van der Waals surface area contributed by atoms with E-state index in [9.17, 15) is 4.79 Å². The molecule has 0 bridgehead atoms. The summed E-state index contributed by atoms with van der Waals surface area (Å²) >= 11 is 1.44. The predicted molar refractivity (Wildman–Crippen MR) is 81.7 cm³/mol. The van der Waals surface area contributed by atoms with Gasteiger partial charge in [-0.3, -0.25) is 4.79 Å². The fourth-order valence-corrected chi connectivity index (χ4v) is 2.89. The number of aryl methyl sites for hydroxylation is 1. The average molecular weight is 299 g/mol. The number of aromatic nitrogens is 3. The van der Waals surface area contributed by atoms with Crippen LogP contribution in [0.25, 0.3) is 0 Å². The Morgan fingerprint density at radius 3 is 2.50 bits per heavy atom. The van der Waals surface area contributed by atoms with Crippen LogP contribution in [0.1, 0.15) is 32.5 Å². The summed E-state index contributed by atoms with van der Waals surface area (Å²) in [6.07, 6.45) is 1.97. The maximum absolute atomic E-state index is 12.2. The van der Waals surface area contributed by atoms with Crippen molar-refractivity contribution in [3.63, 3.8) is 0 Å². The Kier molecular flexibility index (Phi) is 7.61. The monoisotopic (exact) mass is 299 g/mol. The quantitative estimate of drug-likeness (QED) is 0.695. The molecular formula is C13H25N5OS. The van der Waals surface area contributed by atoms with Gasteiger partial charge in [0.2, 0.25) is 5.91 Å². The smallest absolute Gasteiger partial charge is 0.233 e. The van der Waals surface area contributed by atoms with Gasteiger partial charge in [-0.2, -0.15) is 0 Å². The summed E-state index contributed by atoms with van der Waals surface area (Å²) in [4.78, 5) is 14.1. The average Bonchev–Trinajstić information content (AvgIpc) is 2.78. The third kappa shape index (κ3) is 4.79. The van der Waals surface area contributed by atoms with E-state index in [1.165, 1.54) is 11.8 Å². The number of rotatable bonds is 9. The summed E-state index contributed by atoms with van der Waals surface area (Å²) in [6, 6.07) is 0. The number of nitrogens with two attached hydrogens (primary N) is 1. The maximum Gasteiger partial charge on any atom is 0.233 e. The first-order chi connectivity index (χ1) is 9.63. The standard InChI is InChI=1S/C13H25N5OS/c1-4-7-17(8-5-2)12(19)10-20-13-16-15-11(3)18(13)9-6-14/h4-10,14H2,1-3H3. The Morgan fingerprint density at radius 2 is 1.95 bits per heavy atom. The van der Waals surface area contributed by atoms with Crippen LogP contribution >= 0.6 is 11.8 Å². The number of amides is 1. The molecule has 0 aliphatic carbocycles. The SMILES string of the molecule is CCCN(CCC)C(=O)CSc1nnc(C)n1CCN. The van der Waals surface area contributed by atoms with Gasteiger partial charge in [-0.25, -0.2) is 0 Å². The summed E-state index contributed by atoms with van der Waals surface area (Å²) in [6.45, 7) is 8.94. The molecule has 0 saturated carbocycles. The topological polar surface area (TPSA) is 77.0 Å². The van der Waals surface area contributed by atoms with E-state index < -0.39 is 0 Å². The Hall–Kier alpha value is -1.08. The first kappa shape index (κ1) is 17.0. The van der Waals surface area contributed by atoms with Crippen LogP contribution in [0.3, 0.4) is 0 Å². The number of nitrogens with zero attached hydrogens (tertiary/aromatic N) is 4. The zero-order valence-electron chi connectivity index (χ0n) is 12.6. The molecule has 1 heterocycles. The lowest BCUT2D eigenvalue weighted by Crippen LogP contribution is -2.33. The van der Waals surface area contributed by atoms with Crippen molar-refractivity contribution in [1.82, 2.24) is 19.7 Å². The van der Waals surface area contributed by atoms with Crippen LogP contribution in [0.15, 0.2) is 5.16 Å². The van der Waals surface area contributed by atoms with Crippen LogP contribution in [0, 0.1) is 6.92 Å². The molecule has 20 heavy (non-hydrogen) atoms. The maximum atomic E-state index is 12.2. The molecule has 114 valence electrons. The van der Waals surface area contributed by atoms with Crippen LogP contribution in [0.5, 0.6) is 0 Å².